The molecule has 1 atom stereocenters. The number of hydrogen-bond acceptors (Lipinski definition) is 8. The molecule has 0 unspecified atom stereocenters. The quantitative estimate of drug-likeness (QED) is 0.861. The van der Waals surface area contributed by atoms with Gasteiger partial charge in [0, 0.05) is 26.0 Å². The average Bonchev–Trinajstić information content (AvgIpc) is 2.99. The Morgan fingerprint density at radius 3 is 2.96 bits per heavy atom. The normalized spacial score (nSPS) is 18.0. The first-order chi connectivity index (χ1) is 11.2. The number of anilines is 1. The maximum atomic E-state index is 12.5. The summed E-state index contributed by atoms with van der Waals surface area (Å²) in [4.78, 5) is 22.8. The zero-order valence-corrected chi connectivity index (χ0v) is 13.0. The first kappa shape index (κ1) is 15.3. The van der Waals surface area contributed by atoms with E-state index in [2.05, 4.69) is 30.2 Å². The van der Waals surface area contributed by atoms with Crippen molar-refractivity contribution >= 4 is 11.7 Å². The lowest BCUT2D eigenvalue weighted by Gasteiger charge is -2.33. The monoisotopic (exact) mass is 318 g/mol. The molecule has 0 radical (unpaired) electrons. The number of amides is 1. The van der Waals surface area contributed by atoms with Gasteiger partial charge in [0.2, 0.25) is 5.91 Å². The average molecular weight is 318 g/mol. The van der Waals surface area contributed by atoms with Crippen LogP contribution in [0.1, 0.15) is 23.2 Å². The van der Waals surface area contributed by atoms with Crippen molar-refractivity contribution in [3.05, 3.63) is 29.5 Å². The van der Waals surface area contributed by atoms with Gasteiger partial charge in [-0.05, 0) is 6.92 Å². The first-order valence-electron chi connectivity index (χ1n) is 7.35. The van der Waals surface area contributed by atoms with Crippen LogP contribution in [0.25, 0.3) is 0 Å². The smallest absolute Gasteiger partial charge is 0.228 e. The summed E-state index contributed by atoms with van der Waals surface area (Å²) in [5.41, 5.74) is 1.90. The molecule has 1 fully saturated rings. The van der Waals surface area contributed by atoms with E-state index >= 15 is 0 Å². The van der Waals surface area contributed by atoms with E-state index in [1.54, 1.807) is 31.3 Å². The van der Waals surface area contributed by atoms with Crippen LogP contribution in [-0.4, -0.2) is 57.8 Å². The molecule has 1 N–H and O–H groups in total. The van der Waals surface area contributed by atoms with Gasteiger partial charge in [-0.15, -0.1) is 0 Å². The highest BCUT2D eigenvalue weighted by Gasteiger charge is 2.29. The molecule has 1 aliphatic heterocycles. The van der Waals surface area contributed by atoms with Crippen molar-refractivity contribution in [2.45, 2.75) is 19.4 Å². The maximum Gasteiger partial charge on any atom is 0.228 e. The Morgan fingerprint density at radius 1 is 1.39 bits per heavy atom. The number of aromatic nitrogens is 4. The van der Waals surface area contributed by atoms with Gasteiger partial charge in [0.15, 0.2) is 0 Å². The number of nitrogens with zero attached hydrogens (tertiary/aromatic N) is 5. The Bertz CT molecular complexity index is 689. The summed E-state index contributed by atoms with van der Waals surface area (Å²) in [5.74, 6) is 0.621. The SMILES string of the molecule is CNc1nccnc1[C@@H]1CN(C(=O)Cc2nonc2C)CCO1. The predicted molar refractivity (Wildman–Crippen MR) is 79.6 cm³/mol. The molecule has 0 spiro atoms. The molecule has 23 heavy (non-hydrogen) atoms. The molecule has 3 heterocycles. The minimum absolute atomic E-state index is 0.0352. The minimum atomic E-state index is -0.305. The largest absolute Gasteiger partial charge is 0.372 e. The van der Waals surface area contributed by atoms with Gasteiger partial charge in [0.05, 0.1) is 19.6 Å². The number of carbonyl (C=O) groups excluding carboxylic acids is 1. The number of rotatable bonds is 4. The molecular formula is C14H18N6O3. The zero-order valence-electron chi connectivity index (χ0n) is 13.0. The zero-order chi connectivity index (χ0) is 16.2. The molecule has 2 aromatic rings. The summed E-state index contributed by atoms with van der Waals surface area (Å²) in [6.07, 6.45) is 3.09. The van der Waals surface area contributed by atoms with Crippen molar-refractivity contribution in [3.63, 3.8) is 0 Å². The van der Waals surface area contributed by atoms with Crippen molar-refractivity contribution < 1.29 is 14.2 Å². The number of nitrogens with one attached hydrogen (secondary N) is 1. The van der Waals surface area contributed by atoms with Crippen LogP contribution in [0.3, 0.4) is 0 Å². The molecule has 9 heteroatoms. The van der Waals surface area contributed by atoms with E-state index in [4.69, 9.17) is 4.74 Å². The molecule has 0 saturated carbocycles. The summed E-state index contributed by atoms with van der Waals surface area (Å²) in [6, 6.07) is 0. The fraction of sp³-hybridized carbons (Fsp3) is 0.500. The molecule has 1 amide bonds. The Kier molecular flexibility index (Phi) is 4.47. The van der Waals surface area contributed by atoms with Crippen LogP contribution in [0.5, 0.6) is 0 Å². The summed E-state index contributed by atoms with van der Waals surface area (Å²) < 4.78 is 10.4. The summed E-state index contributed by atoms with van der Waals surface area (Å²) in [5, 5.41) is 10.4. The summed E-state index contributed by atoms with van der Waals surface area (Å²) >= 11 is 0. The topological polar surface area (TPSA) is 106 Å². The molecule has 0 bridgehead atoms. The van der Waals surface area contributed by atoms with Crippen LogP contribution >= 0.6 is 0 Å². The second-order valence-electron chi connectivity index (χ2n) is 5.21. The van der Waals surface area contributed by atoms with Crippen LogP contribution in [0.2, 0.25) is 0 Å². The van der Waals surface area contributed by atoms with Crippen LogP contribution in [0.15, 0.2) is 17.0 Å². The molecule has 122 valence electrons. The van der Waals surface area contributed by atoms with E-state index in [0.717, 1.165) is 0 Å². The third-order valence-electron chi connectivity index (χ3n) is 3.75. The van der Waals surface area contributed by atoms with E-state index < -0.39 is 0 Å². The Morgan fingerprint density at radius 2 is 2.22 bits per heavy atom. The number of morpholine rings is 1. The van der Waals surface area contributed by atoms with E-state index in [1.165, 1.54) is 0 Å². The lowest BCUT2D eigenvalue weighted by molar-refractivity contribution is -0.138. The fourth-order valence-corrected chi connectivity index (χ4v) is 2.48. The molecule has 3 rings (SSSR count). The highest BCUT2D eigenvalue weighted by Crippen LogP contribution is 2.25. The van der Waals surface area contributed by atoms with Gasteiger partial charge in [-0.2, -0.15) is 0 Å². The maximum absolute atomic E-state index is 12.5. The second kappa shape index (κ2) is 6.69. The van der Waals surface area contributed by atoms with Gasteiger partial charge in [0.25, 0.3) is 0 Å². The lowest BCUT2D eigenvalue weighted by atomic mass is 10.1. The standard InChI is InChI=1S/C14H18N6O3/c1-9-10(19-23-18-9)7-12(21)20-5-6-22-11(8-20)13-14(15-2)17-4-3-16-13/h3-4,11H,5-8H2,1-2H3,(H,15,17)/t11-/m0/s1. The Labute approximate surface area is 133 Å². The number of carbonyl (C=O) groups is 1. The number of ether oxygens (including phenoxy) is 1. The van der Waals surface area contributed by atoms with E-state index in [0.29, 0.717) is 42.6 Å². The molecule has 0 aliphatic carbocycles. The van der Waals surface area contributed by atoms with Crippen LogP contribution < -0.4 is 5.32 Å². The third-order valence-corrected chi connectivity index (χ3v) is 3.75. The number of hydrogen-bond donors (Lipinski definition) is 1. The van der Waals surface area contributed by atoms with E-state index in [9.17, 15) is 4.79 Å². The molecule has 1 saturated heterocycles. The molecule has 1 aliphatic rings. The van der Waals surface area contributed by atoms with Crippen molar-refractivity contribution in [2.24, 2.45) is 0 Å². The van der Waals surface area contributed by atoms with Crippen molar-refractivity contribution in [1.29, 1.82) is 0 Å². The Hall–Kier alpha value is -2.55. The third kappa shape index (κ3) is 3.29. The molecular weight excluding hydrogens is 300 g/mol. The van der Waals surface area contributed by atoms with Crippen molar-refractivity contribution in [1.82, 2.24) is 25.2 Å². The first-order valence-corrected chi connectivity index (χ1v) is 7.35. The predicted octanol–water partition coefficient (Wildman–Crippen LogP) is 0.352. The highest BCUT2D eigenvalue weighted by molar-refractivity contribution is 5.78. The second-order valence-corrected chi connectivity index (χ2v) is 5.21. The lowest BCUT2D eigenvalue weighted by Crippen LogP contribution is -2.43. The van der Waals surface area contributed by atoms with Gasteiger partial charge in [-0.1, -0.05) is 10.3 Å². The molecule has 2 aromatic heterocycles. The van der Waals surface area contributed by atoms with Crippen LogP contribution in [0, 0.1) is 6.92 Å². The van der Waals surface area contributed by atoms with Crippen LogP contribution in [-0.2, 0) is 16.0 Å². The molecule has 0 aromatic carbocycles. The Balaban J connectivity index is 1.70. The van der Waals surface area contributed by atoms with E-state index in [1.807, 2.05) is 0 Å². The van der Waals surface area contributed by atoms with Gasteiger partial charge in [0.1, 0.15) is 29.0 Å². The summed E-state index contributed by atoms with van der Waals surface area (Å²) in [7, 11) is 1.78. The van der Waals surface area contributed by atoms with Gasteiger partial charge in [-0.25, -0.2) is 9.61 Å². The molecule has 9 nitrogen and oxygen atoms in total. The minimum Gasteiger partial charge on any atom is -0.372 e. The van der Waals surface area contributed by atoms with Crippen LogP contribution in [0.4, 0.5) is 5.82 Å². The van der Waals surface area contributed by atoms with E-state index in [-0.39, 0.29) is 18.4 Å². The van der Waals surface area contributed by atoms with Gasteiger partial charge >= 0.3 is 0 Å². The number of aryl methyl sites for hydroxylation is 1. The highest BCUT2D eigenvalue weighted by atomic mass is 16.6. The summed E-state index contributed by atoms with van der Waals surface area (Å²) in [6.45, 7) is 3.18. The van der Waals surface area contributed by atoms with Gasteiger partial charge < -0.3 is 15.0 Å². The van der Waals surface area contributed by atoms with Gasteiger partial charge in [-0.3, -0.25) is 9.78 Å². The van der Waals surface area contributed by atoms with Crippen molar-refractivity contribution in [3.8, 4) is 0 Å². The fourth-order valence-electron chi connectivity index (χ4n) is 2.48. The van der Waals surface area contributed by atoms with Crippen molar-refractivity contribution in [2.75, 3.05) is 32.1 Å².